The van der Waals surface area contributed by atoms with Crippen LogP contribution in [-0.4, -0.2) is 38.1 Å². The van der Waals surface area contributed by atoms with Gasteiger partial charge in [0.15, 0.2) is 0 Å². The standard InChI is InChI=1S/C25H30N4O2/c1-16(2)9-10-22-19-12-18(21-7-4-8-23(30)29(21)22)14-27(15-19)25(31)20-13-26-28-11-5-6-17(3)24(20)28/h4-8,11,13,16,18-19,22H,9-10,12,14-15H2,1-3H3/t18-,19+,22+/m1/s1. The third kappa shape index (κ3) is 3.38. The molecule has 1 fully saturated rings. The van der Waals surface area contributed by atoms with Crippen LogP contribution in [0.4, 0.5) is 0 Å². The summed E-state index contributed by atoms with van der Waals surface area (Å²) in [5.74, 6) is 1.14. The number of rotatable bonds is 4. The molecule has 6 nitrogen and oxygen atoms in total. The van der Waals surface area contributed by atoms with Gasteiger partial charge in [-0.1, -0.05) is 26.0 Å². The summed E-state index contributed by atoms with van der Waals surface area (Å²) in [7, 11) is 0. The average molecular weight is 419 g/mol. The highest BCUT2D eigenvalue weighted by Gasteiger charge is 2.42. The van der Waals surface area contributed by atoms with E-state index in [1.807, 2.05) is 40.8 Å². The number of hydrogen-bond donors (Lipinski definition) is 0. The molecule has 3 atom stereocenters. The summed E-state index contributed by atoms with van der Waals surface area (Å²) in [5, 5.41) is 4.40. The molecular weight excluding hydrogens is 388 g/mol. The summed E-state index contributed by atoms with van der Waals surface area (Å²) in [5.41, 5.74) is 3.79. The third-order valence-electron chi connectivity index (χ3n) is 7.10. The number of likely N-dealkylation sites (tertiary alicyclic amines) is 1. The highest BCUT2D eigenvalue weighted by atomic mass is 16.2. The summed E-state index contributed by atoms with van der Waals surface area (Å²) in [6, 6.07) is 9.74. The minimum Gasteiger partial charge on any atom is -0.338 e. The van der Waals surface area contributed by atoms with Gasteiger partial charge >= 0.3 is 0 Å². The Morgan fingerprint density at radius 1 is 1.19 bits per heavy atom. The van der Waals surface area contributed by atoms with Crippen LogP contribution in [0.5, 0.6) is 0 Å². The van der Waals surface area contributed by atoms with Gasteiger partial charge in [0, 0.05) is 43.0 Å². The number of aromatic nitrogens is 3. The predicted molar refractivity (Wildman–Crippen MR) is 120 cm³/mol. The van der Waals surface area contributed by atoms with Crippen molar-refractivity contribution < 1.29 is 4.79 Å². The lowest BCUT2D eigenvalue weighted by atomic mass is 9.76. The fourth-order valence-electron chi connectivity index (χ4n) is 5.62. The van der Waals surface area contributed by atoms with Gasteiger partial charge in [0.1, 0.15) is 0 Å². The van der Waals surface area contributed by atoms with E-state index in [1.165, 1.54) is 0 Å². The Hall–Kier alpha value is -2.89. The van der Waals surface area contributed by atoms with E-state index in [2.05, 4.69) is 25.0 Å². The van der Waals surface area contributed by atoms with E-state index >= 15 is 0 Å². The zero-order valence-corrected chi connectivity index (χ0v) is 18.5. The van der Waals surface area contributed by atoms with Gasteiger partial charge in [-0.3, -0.25) is 9.59 Å². The molecule has 6 heteroatoms. The molecule has 2 aliphatic rings. The number of aryl methyl sites for hydroxylation is 1. The maximum absolute atomic E-state index is 13.6. The van der Waals surface area contributed by atoms with Gasteiger partial charge in [0.05, 0.1) is 17.3 Å². The van der Waals surface area contributed by atoms with Crippen LogP contribution in [0.3, 0.4) is 0 Å². The highest BCUT2D eigenvalue weighted by molar-refractivity contribution is 6.01. The Morgan fingerprint density at radius 2 is 2.03 bits per heavy atom. The van der Waals surface area contributed by atoms with Crippen molar-refractivity contribution in [3.63, 3.8) is 0 Å². The monoisotopic (exact) mass is 418 g/mol. The van der Waals surface area contributed by atoms with Crippen molar-refractivity contribution in [2.24, 2.45) is 11.8 Å². The largest absolute Gasteiger partial charge is 0.338 e. The second-order valence-electron chi connectivity index (χ2n) is 9.64. The second kappa shape index (κ2) is 7.66. The number of piperidine rings is 1. The molecule has 0 spiro atoms. The van der Waals surface area contributed by atoms with Crippen LogP contribution in [0, 0.1) is 18.8 Å². The van der Waals surface area contributed by atoms with Crippen molar-refractivity contribution in [3.05, 3.63) is 69.9 Å². The minimum atomic E-state index is 0.0494. The third-order valence-corrected chi connectivity index (χ3v) is 7.10. The number of carbonyl (C=O) groups excluding carboxylic acids is 1. The fourth-order valence-corrected chi connectivity index (χ4v) is 5.62. The lowest BCUT2D eigenvalue weighted by Gasteiger charge is -2.47. The van der Waals surface area contributed by atoms with E-state index < -0.39 is 0 Å². The molecule has 0 unspecified atom stereocenters. The minimum absolute atomic E-state index is 0.0494. The van der Waals surface area contributed by atoms with Crippen LogP contribution in [0.25, 0.3) is 5.52 Å². The van der Waals surface area contributed by atoms with Crippen LogP contribution < -0.4 is 5.56 Å². The van der Waals surface area contributed by atoms with E-state index in [-0.39, 0.29) is 23.4 Å². The Labute approximate surface area is 182 Å². The van der Waals surface area contributed by atoms with Crippen LogP contribution in [0.15, 0.2) is 47.5 Å². The molecule has 3 aromatic heterocycles. The van der Waals surface area contributed by atoms with E-state index in [9.17, 15) is 9.59 Å². The van der Waals surface area contributed by atoms with E-state index in [0.717, 1.165) is 36.0 Å². The summed E-state index contributed by atoms with van der Waals surface area (Å²) in [6.45, 7) is 7.82. The number of fused-ring (bicyclic) bond motifs is 5. The number of nitrogens with zero attached hydrogens (tertiary/aromatic N) is 4. The molecule has 0 aliphatic carbocycles. The molecule has 1 amide bonds. The average Bonchev–Trinajstić information content (AvgIpc) is 3.19. The molecule has 0 radical (unpaired) electrons. The zero-order chi connectivity index (χ0) is 21.7. The van der Waals surface area contributed by atoms with Gasteiger partial charge in [0.25, 0.3) is 11.5 Å². The van der Waals surface area contributed by atoms with Gasteiger partial charge in [-0.2, -0.15) is 5.10 Å². The molecule has 1 saturated heterocycles. The van der Waals surface area contributed by atoms with Gasteiger partial charge < -0.3 is 9.47 Å². The number of pyridine rings is 2. The Morgan fingerprint density at radius 3 is 2.84 bits per heavy atom. The molecule has 2 aliphatic heterocycles. The van der Waals surface area contributed by atoms with E-state index in [4.69, 9.17) is 0 Å². The lowest BCUT2D eigenvalue weighted by Crippen LogP contribution is -2.51. The molecular formula is C25H30N4O2. The molecule has 0 N–H and O–H groups in total. The first-order valence-electron chi connectivity index (χ1n) is 11.4. The molecule has 5 rings (SSSR count). The second-order valence-corrected chi connectivity index (χ2v) is 9.64. The normalized spacial score (nSPS) is 22.7. The maximum atomic E-state index is 13.6. The summed E-state index contributed by atoms with van der Waals surface area (Å²) in [4.78, 5) is 28.4. The molecule has 2 bridgehead atoms. The van der Waals surface area contributed by atoms with Crippen LogP contribution in [-0.2, 0) is 0 Å². The van der Waals surface area contributed by atoms with Crippen molar-refractivity contribution in [3.8, 4) is 0 Å². The van der Waals surface area contributed by atoms with Crippen molar-refractivity contribution in [2.45, 2.75) is 52.0 Å². The first-order valence-corrected chi connectivity index (χ1v) is 11.4. The van der Waals surface area contributed by atoms with Crippen molar-refractivity contribution in [2.75, 3.05) is 13.1 Å². The Kier molecular flexibility index (Phi) is 4.95. The van der Waals surface area contributed by atoms with E-state index in [0.29, 0.717) is 30.5 Å². The molecule has 0 aromatic carbocycles. The number of hydrogen-bond acceptors (Lipinski definition) is 3. The van der Waals surface area contributed by atoms with Crippen LogP contribution >= 0.6 is 0 Å². The zero-order valence-electron chi connectivity index (χ0n) is 18.5. The SMILES string of the molecule is Cc1cccn2ncc(C(=O)N3C[C@H]4C[C@@H](C3)[C@H](CCC(C)C)n3c4cccc3=O)c12. The van der Waals surface area contributed by atoms with Gasteiger partial charge in [-0.15, -0.1) is 0 Å². The van der Waals surface area contributed by atoms with Crippen molar-refractivity contribution in [1.29, 1.82) is 0 Å². The summed E-state index contributed by atoms with van der Waals surface area (Å²) >= 11 is 0. The van der Waals surface area contributed by atoms with Gasteiger partial charge in [0.2, 0.25) is 0 Å². The van der Waals surface area contributed by atoms with Crippen LogP contribution in [0.2, 0.25) is 0 Å². The molecule has 0 saturated carbocycles. The quantitative estimate of drug-likeness (QED) is 0.642. The fraction of sp³-hybridized carbons (Fsp3) is 0.480. The predicted octanol–water partition coefficient (Wildman–Crippen LogP) is 4.04. The molecule has 5 heterocycles. The van der Waals surface area contributed by atoms with Crippen LogP contribution in [0.1, 0.15) is 66.7 Å². The highest BCUT2D eigenvalue weighted by Crippen LogP contribution is 2.43. The van der Waals surface area contributed by atoms with Gasteiger partial charge in [-0.25, -0.2) is 4.52 Å². The van der Waals surface area contributed by atoms with Crippen molar-refractivity contribution in [1.82, 2.24) is 19.1 Å². The smallest absolute Gasteiger partial charge is 0.257 e. The first kappa shape index (κ1) is 20.0. The molecule has 3 aromatic rings. The van der Waals surface area contributed by atoms with Gasteiger partial charge in [-0.05, 0) is 55.7 Å². The maximum Gasteiger partial charge on any atom is 0.257 e. The lowest BCUT2D eigenvalue weighted by molar-refractivity contribution is 0.0515. The van der Waals surface area contributed by atoms with Crippen molar-refractivity contribution >= 4 is 11.4 Å². The molecule has 162 valence electrons. The first-order chi connectivity index (χ1) is 14.9. The molecule has 31 heavy (non-hydrogen) atoms. The summed E-state index contributed by atoms with van der Waals surface area (Å²) < 4.78 is 3.83. The number of amides is 1. The van der Waals surface area contributed by atoms with E-state index in [1.54, 1.807) is 16.8 Å². The number of carbonyl (C=O) groups is 1. The summed E-state index contributed by atoms with van der Waals surface area (Å²) in [6.07, 6.45) is 6.68. The Bertz CT molecular complexity index is 1190. The topological polar surface area (TPSA) is 59.6 Å². The Balaban J connectivity index is 1.51.